The molecule has 0 bridgehead atoms. The second-order valence-electron chi connectivity index (χ2n) is 5.30. The fourth-order valence-corrected chi connectivity index (χ4v) is 2.24. The molecule has 128 valence electrons. The first-order valence-corrected chi connectivity index (χ1v) is 7.31. The summed E-state index contributed by atoms with van der Waals surface area (Å²) >= 11 is 0. The van der Waals surface area contributed by atoms with E-state index in [1.807, 2.05) is 0 Å². The Morgan fingerprint density at radius 2 is 2.22 bits per heavy atom. The summed E-state index contributed by atoms with van der Waals surface area (Å²) in [7, 11) is 0. The summed E-state index contributed by atoms with van der Waals surface area (Å²) in [5.41, 5.74) is 0.832. The van der Waals surface area contributed by atoms with Crippen LogP contribution in [0.3, 0.4) is 0 Å². The molecule has 8 heteroatoms. The first kappa shape index (κ1) is 17.4. The smallest absolute Gasteiger partial charge is 0.422 e. The van der Waals surface area contributed by atoms with Gasteiger partial charge in [-0.05, 0) is 31.9 Å². The summed E-state index contributed by atoms with van der Waals surface area (Å²) < 4.78 is 46.8. The highest BCUT2D eigenvalue weighted by Gasteiger charge is 2.28. The van der Waals surface area contributed by atoms with Crippen LogP contribution >= 0.6 is 0 Å². The van der Waals surface area contributed by atoms with Gasteiger partial charge >= 0.3 is 12.2 Å². The van der Waals surface area contributed by atoms with Crippen molar-refractivity contribution in [2.45, 2.75) is 32.0 Å². The molecule has 0 radical (unpaired) electrons. The number of hydrogen-bond donors (Lipinski definition) is 2. The van der Waals surface area contributed by atoms with E-state index < -0.39 is 18.8 Å². The van der Waals surface area contributed by atoms with Gasteiger partial charge < -0.3 is 20.1 Å². The predicted octanol–water partition coefficient (Wildman–Crippen LogP) is 3.24. The van der Waals surface area contributed by atoms with E-state index in [-0.39, 0.29) is 11.9 Å². The van der Waals surface area contributed by atoms with Crippen molar-refractivity contribution < 1.29 is 27.4 Å². The van der Waals surface area contributed by atoms with Crippen molar-refractivity contribution in [2.75, 3.05) is 25.1 Å². The van der Waals surface area contributed by atoms with Crippen LogP contribution in [0.2, 0.25) is 0 Å². The van der Waals surface area contributed by atoms with E-state index in [1.165, 1.54) is 12.1 Å². The van der Waals surface area contributed by atoms with Crippen molar-refractivity contribution >= 4 is 11.7 Å². The molecule has 1 unspecified atom stereocenters. The molecule has 1 aromatic carbocycles. The Balaban J connectivity index is 1.89. The number of anilines is 1. The summed E-state index contributed by atoms with van der Waals surface area (Å²) in [5, 5.41) is 5.29. The van der Waals surface area contributed by atoms with E-state index in [2.05, 4.69) is 10.6 Å². The van der Waals surface area contributed by atoms with Gasteiger partial charge in [-0.1, -0.05) is 6.07 Å². The minimum Gasteiger partial charge on any atom is -0.484 e. The standard InChI is InChI=1S/C15H19F3N2O3/c1-10-12(5-2-6-13(10)23-9-15(16,17)18)20-14(21)19-8-11-4-3-7-22-11/h2,5-6,11H,3-4,7-9H2,1H3,(H2,19,20,21). The van der Waals surface area contributed by atoms with Gasteiger partial charge in [0.2, 0.25) is 0 Å². The van der Waals surface area contributed by atoms with Gasteiger partial charge in [0.05, 0.1) is 6.10 Å². The number of carbonyl (C=O) groups excluding carboxylic acids is 1. The van der Waals surface area contributed by atoms with Crippen LogP contribution in [-0.2, 0) is 4.74 Å². The second kappa shape index (κ2) is 7.54. The molecule has 0 saturated carbocycles. The summed E-state index contributed by atoms with van der Waals surface area (Å²) in [5.74, 6) is 0.0826. The maximum absolute atomic E-state index is 12.2. The lowest BCUT2D eigenvalue weighted by Gasteiger charge is -2.16. The minimum absolute atomic E-state index is 0.0169. The van der Waals surface area contributed by atoms with E-state index in [0.29, 0.717) is 24.4 Å². The summed E-state index contributed by atoms with van der Waals surface area (Å²) in [6.45, 7) is 1.31. The summed E-state index contributed by atoms with van der Waals surface area (Å²) in [6, 6.07) is 4.11. The number of hydrogen-bond acceptors (Lipinski definition) is 3. The molecule has 0 aliphatic carbocycles. The van der Waals surface area contributed by atoms with Crippen molar-refractivity contribution in [3.05, 3.63) is 23.8 Å². The molecular formula is C15H19F3N2O3. The number of carbonyl (C=O) groups is 1. The first-order valence-electron chi connectivity index (χ1n) is 7.31. The zero-order valence-corrected chi connectivity index (χ0v) is 12.7. The molecule has 23 heavy (non-hydrogen) atoms. The van der Waals surface area contributed by atoms with Gasteiger partial charge in [-0.15, -0.1) is 0 Å². The largest absolute Gasteiger partial charge is 0.484 e. The third-order valence-electron chi connectivity index (χ3n) is 3.44. The van der Waals surface area contributed by atoms with Gasteiger partial charge in [0.15, 0.2) is 6.61 Å². The highest BCUT2D eigenvalue weighted by Crippen LogP contribution is 2.27. The Morgan fingerprint density at radius 1 is 1.43 bits per heavy atom. The number of halogens is 3. The van der Waals surface area contributed by atoms with Gasteiger partial charge in [-0.3, -0.25) is 0 Å². The summed E-state index contributed by atoms with van der Waals surface area (Å²) in [4.78, 5) is 11.9. The van der Waals surface area contributed by atoms with Gasteiger partial charge in [0, 0.05) is 24.4 Å². The average Bonchev–Trinajstić information content (AvgIpc) is 2.98. The number of benzene rings is 1. The zero-order valence-electron chi connectivity index (χ0n) is 12.7. The lowest BCUT2D eigenvalue weighted by molar-refractivity contribution is -0.153. The molecule has 2 rings (SSSR count). The lowest BCUT2D eigenvalue weighted by Crippen LogP contribution is -2.35. The third kappa shape index (κ3) is 5.63. The number of alkyl halides is 3. The quantitative estimate of drug-likeness (QED) is 0.870. The van der Waals surface area contributed by atoms with Crippen LogP contribution < -0.4 is 15.4 Å². The fraction of sp³-hybridized carbons (Fsp3) is 0.533. The molecule has 1 heterocycles. The van der Waals surface area contributed by atoms with Crippen LogP contribution in [0.4, 0.5) is 23.7 Å². The predicted molar refractivity (Wildman–Crippen MR) is 78.7 cm³/mol. The third-order valence-corrected chi connectivity index (χ3v) is 3.44. The van der Waals surface area contributed by atoms with Crippen LogP contribution in [0.15, 0.2) is 18.2 Å². The molecule has 1 saturated heterocycles. The number of amides is 2. The Morgan fingerprint density at radius 3 is 2.87 bits per heavy atom. The minimum atomic E-state index is -4.41. The lowest BCUT2D eigenvalue weighted by atomic mass is 10.2. The van der Waals surface area contributed by atoms with Crippen molar-refractivity contribution in [3.8, 4) is 5.75 Å². The van der Waals surface area contributed by atoms with Crippen molar-refractivity contribution in [1.82, 2.24) is 5.32 Å². The SMILES string of the molecule is Cc1c(NC(=O)NCC2CCCO2)cccc1OCC(F)(F)F. The van der Waals surface area contributed by atoms with Gasteiger partial charge in [0.1, 0.15) is 5.75 Å². The van der Waals surface area contributed by atoms with Crippen LogP contribution in [0.1, 0.15) is 18.4 Å². The van der Waals surface area contributed by atoms with Gasteiger partial charge in [-0.25, -0.2) is 4.79 Å². The molecule has 0 aromatic heterocycles. The van der Waals surface area contributed by atoms with Crippen LogP contribution in [0.5, 0.6) is 5.75 Å². The van der Waals surface area contributed by atoms with E-state index in [4.69, 9.17) is 9.47 Å². The van der Waals surface area contributed by atoms with Crippen molar-refractivity contribution in [1.29, 1.82) is 0 Å². The Bertz CT molecular complexity index is 543. The normalized spacial score (nSPS) is 17.8. The topological polar surface area (TPSA) is 59.6 Å². The second-order valence-corrected chi connectivity index (χ2v) is 5.30. The maximum atomic E-state index is 12.2. The highest BCUT2D eigenvalue weighted by molar-refractivity contribution is 5.90. The molecular weight excluding hydrogens is 313 g/mol. The van der Waals surface area contributed by atoms with Crippen molar-refractivity contribution in [2.24, 2.45) is 0 Å². The zero-order chi connectivity index (χ0) is 16.9. The maximum Gasteiger partial charge on any atom is 0.422 e. The van der Waals surface area contributed by atoms with Crippen LogP contribution in [0.25, 0.3) is 0 Å². The molecule has 1 aliphatic rings. The highest BCUT2D eigenvalue weighted by atomic mass is 19.4. The van der Waals surface area contributed by atoms with Gasteiger partial charge in [-0.2, -0.15) is 13.2 Å². The number of rotatable bonds is 5. The molecule has 1 aromatic rings. The van der Waals surface area contributed by atoms with Crippen molar-refractivity contribution in [3.63, 3.8) is 0 Å². The molecule has 1 atom stereocenters. The molecule has 5 nitrogen and oxygen atoms in total. The number of nitrogens with one attached hydrogen (secondary N) is 2. The number of ether oxygens (including phenoxy) is 2. The van der Waals surface area contributed by atoms with E-state index in [0.717, 1.165) is 12.8 Å². The van der Waals surface area contributed by atoms with E-state index in [1.54, 1.807) is 13.0 Å². The first-order chi connectivity index (χ1) is 10.8. The Hall–Kier alpha value is -1.96. The molecule has 2 amide bonds. The Kier molecular flexibility index (Phi) is 5.70. The van der Waals surface area contributed by atoms with Crippen LogP contribution in [-0.4, -0.2) is 38.1 Å². The van der Waals surface area contributed by atoms with Crippen LogP contribution in [0, 0.1) is 6.92 Å². The molecule has 2 N–H and O–H groups in total. The number of urea groups is 1. The Labute approximate surface area is 132 Å². The average molecular weight is 332 g/mol. The molecule has 1 fully saturated rings. The fourth-order valence-electron chi connectivity index (χ4n) is 2.24. The molecule has 1 aliphatic heterocycles. The molecule has 0 spiro atoms. The monoisotopic (exact) mass is 332 g/mol. The van der Waals surface area contributed by atoms with Gasteiger partial charge in [0.25, 0.3) is 0 Å². The summed E-state index contributed by atoms with van der Waals surface area (Å²) in [6.07, 6.45) is -2.51. The van der Waals surface area contributed by atoms with E-state index in [9.17, 15) is 18.0 Å². The van der Waals surface area contributed by atoms with E-state index >= 15 is 0 Å².